The molecule has 9 heteroatoms. The van der Waals surface area contributed by atoms with Crippen LogP contribution >= 0.6 is 23.1 Å². The van der Waals surface area contributed by atoms with Crippen LogP contribution in [0.2, 0.25) is 0 Å². The molecular formula is C27H27N2O5S2+. The van der Waals surface area contributed by atoms with E-state index in [4.69, 9.17) is 23.4 Å². The predicted molar refractivity (Wildman–Crippen MR) is 145 cm³/mol. The van der Waals surface area contributed by atoms with E-state index < -0.39 is 0 Å². The highest BCUT2D eigenvalue weighted by Gasteiger charge is 2.26. The summed E-state index contributed by atoms with van der Waals surface area (Å²) in [4.78, 5) is 3.26. The SMILES string of the molecule is COc1cc2c(cc1OC)N(C)/C(=C/C(=C\c1sc3cc(OC)c(OC)cc3[n+]1C)c1ccco1)S2. The van der Waals surface area contributed by atoms with E-state index in [-0.39, 0.29) is 0 Å². The first kappa shape index (κ1) is 24.1. The molecule has 1 aliphatic rings. The van der Waals surface area contributed by atoms with E-state index in [2.05, 4.69) is 21.6 Å². The Hall–Kier alpha value is -3.56. The second-order valence-electron chi connectivity index (χ2n) is 8.07. The van der Waals surface area contributed by atoms with Crippen LogP contribution in [0.5, 0.6) is 23.0 Å². The van der Waals surface area contributed by atoms with Crippen LogP contribution in [0.4, 0.5) is 5.69 Å². The summed E-state index contributed by atoms with van der Waals surface area (Å²) in [5.41, 5.74) is 3.09. The van der Waals surface area contributed by atoms with Crippen molar-refractivity contribution in [3.05, 3.63) is 64.5 Å². The lowest BCUT2D eigenvalue weighted by Crippen LogP contribution is -2.29. The van der Waals surface area contributed by atoms with Crippen molar-refractivity contribution in [2.24, 2.45) is 7.05 Å². The average Bonchev–Trinajstić information content (AvgIpc) is 3.61. The van der Waals surface area contributed by atoms with Crippen molar-refractivity contribution in [1.29, 1.82) is 0 Å². The Morgan fingerprint density at radius 3 is 2.28 bits per heavy atom. The van der Waals surface area contributed by atoms with Crippen LogP contribution in [0.25, 0.3) is 21.9 Å². The van der Waals surface area contributed by atoms with E-state index in [1.54, 1.807) is 57.8 Å². The van der Waals surface area contributed by atoms with E-state index in [0.717, 1.165) is 42.2 Å². The van der Waals surface area contributed by atoms with E-state index in [1.807, 2.05) is 50.5 Å². The number of rotatable bonds is 7. The Morgan fingerprint density at radius 2 is 1.61 bits per heavy atom. The number of aryl methyl sites for hydroxylation is 1. The Kier molecular flexibility index (Phi) is 6.59. The van der Waals surface area contributed by atoms with Crippen LogP contribution in [0, 0.1) is 0 Å². The van der Waals surface area contributed by atoms with Crippen LogP contribution in [-0.4, -0.2) is 35.5 Å². The first-order chi connectivity index (χ1) is 17.5. The monoisotopic (exact) mass is 523 g/mol. The minimum atomic E-state index is 0.704. The summed E-state index contributed by atoms with van der Waals surface area (Å²) >= 11 is 3.36. The predicted octanol–water partition coefficient (Wildman–Crippen LogP) is 5.98. The standard InChI is InChI=1S/C27H27N2O5S2/c1-28-17-12-20(30-3)22(32-5)14-24(17)35-26(28)10-16(19-8-7-9-34-19)11-27-29(2)18-13-21(31-4)23(33-6)15-25(18)36-27/h7-15H,1-6H3/q+1. The van der Waals surface area contributed by atoms with Gasteiger partial charge in [-0.05, 0) is 18.2 Å². The van der Waals surface area contributed by atoms with Gasteiger partial charge in [-0.25, -0.2) is 0 Å². The highest BCUT2D eigenvalue weighted by atomic mass is 32.2. The number of aromatic nitrogens is 1. The van der Waals surface area contributed by atoms with E-state index in [9.17, 15) is 0 Å². The smallest absolute Gasteiger partial charge is 0.263 e. The number of thioether (sulfide) groups is 1. The van der Waals surface area contributed by atoms with Gasteiger partial charge in [-0.2, -0.15) is 4.57 Å². The Labute approximate surface area is 218 Å². The number of anilines is 1. The number of allylic oxidation sites excluding steroid dienone is 2. The number of thiazole rings is 1. The van der Waals surface area contributed by atoms with Gasteiger partial charge in [0.1, 0.15) is 17.5 Å². The summed E-state index contributed by atoms with van der Waals surface area (Å²) in [5.74, 6) is 3.62. The third-order valence-corrected chi connectivity index (χ3v) is 8.40. The molecular weight excluding hydrogens is 496 g/mol. The van der Waals surface area contributed by atoms with Crippen LogP contribution in [0.1, 0.15) is 10.8 Å². The fraction of sp³-hybridized carbons (Fsp3) is 0.222. The number of hydrogen-bond donors (Lipinski definition) is 0. The largest absolute Gasteiger partial charge is 0.493 e. The minimum absolute atomic E-state index is 0.704. The zero-order valence-corrected chi connectivity index (χ0v) is 22.6. The van der Waals surface area contributed by atoms with Crippen molar-refractivity contribution >= 4 is 50.7 Å². The lowest BCUT2D eigenvalue weighted by Gasteiger charge is -2.15. The molecule has 2 aromatic carbocycles. The molecule has 5 rings (SSSR count). The van der Waals surface area contributed by atoms with Gasteiger partial charge in [-0.3, -0.25) is 0 Å². The van der Waals surface area contributed by atoms with E-state index >= 15 is 0 Å². The van der Waals surface area contributed by atoms with E-state index in [1.165, 1.54) is 0 Å². The second kappa shape index (κ2) is 9.83. The molecule has 0 unspecified atom stereocenters. The molecule has 0 saturated carbocycles. The fourth-order valence-corrected chi connectivity index (χ4v) is 6.36. The van der Waals surface area contributed by atoms with Crippen molar-refractivity contribution in [3.8, 4) is 23.0 Å². The zero-order chi connectivity index (χ0) is 25.4. The lowest BCUT2D eigenvalue weighted by molar-refractivity contribution is -0.642. The maximum Gasteiger partial charge on any atom is 0.263 e. The molecule has 7 nitrogen and oxygen atoms in total. The highest BCUT2D eigenvalue weighted by Crippen LogP contribution is 2.50. The Morgan fingerprint density at radius 1 is 0.944 bits per heavy atom. The van der Waals surface area contributed by atoms with Gasteiger partial charge in [0.25, 0.3) is 5.01 Å². The summed E-state index contributed by atoms with van der Waals surface area (Å²) in [5, 5.41) is 2.13. The molecule has 0 radical (unpaired) electrons. The maximum atomic E-state index is 5.83. The summed E-state index contributed by atoms with van der Waals surface area (Å²) in [6.07, 6.45) is 5.99. The maximum absolute atomic E-state index is 5.83. The molecule has 2 aromatic heterocycles. The molecule has 186 valence electrons. The number of hydrogen-bond acceptors (Lipinski definition) is 8. The molecule has 0 saturated heterocycles. The number of nitrogens with zero attached hydrogens (tertiary/aromatic N) is 2. The van der Waals surface area contributed by atoms with Gasteiger partial charge in [0.2, 0.25) is 5.52 Å². The van der Waals surface area contributed by atoms with Crippen LogP contribution in [0.15, 0.2) is 63.1 Å². The van der Waals surface area contributed by atoms with Crippen LogP contribution < -0.4 is 28.4 Å². The lowest BCUT2D eigenvalue weighted by atomic mass is 10.2. The van der Waals surface area contributed by atoms with Gasteiger partial charge in [0.15, 0.2) is 23.0 Å². The van der Waals surface area contributed by atoms with Gasteiger partial charge in [0, 0.05) is 41.8 Å². The van der Waals surface area contributed by atoms with Crippen molar-refractivity contribution in [3.63, 3.8) is 0 Å². The molecule has 0 amide bonds. The summed E-state index contributed by atoms with van der Waals surface area (Å²) in [6, 6.07) is 11.9. The summed E-state index contributed by atoms with van der Waals surface area (Å²) < 4.78 is 31.1. The van der Waals surface area contributed by atoms with Crippen molar-refractivity contribution in [1.82, 2.24) is 0 Å². The van der Waals surface area contributed by atoms with Gasteiger partial charge < -0.3 is 28.3 Å². The Bertz CT molecular complexity index is 1490. The Balaban J connectivity index is 1.60. The topological polar surface area (TPSA) is 57.2 Å². The second-order valence-corrected chi connectivity index (χ2v) is 10.2. The van der Waals surface area contributed by atoms with E-state index in [0.29, 0.717) is 23.0 Å². The average molecular weight is 524 g/mol. The molecule has 0 atom stereocenters. The van der Waals surface area contributed by atoms with Gasteiger partial charge >= 0.3 is 0 Å². The zero-order valence-electron chi connectivity index (χ0n) is 20.9. The number of ether oxygens (including phenoxy) is 4. The summed E-state index contributed by atoms with van der Waals surface area (Å²) in [6.45, 7) is 0. The summed E-state index contributed by atoms with van der Waals surface area (Å²) in [7, 11) is 10.7. The van der Waals surface area contributed by atoms with Crippen LogP contribution in [0.3, 0.4) is 0 Å². The molecule has 0 fully saturated rings. The molecule has 0 bridgehead atoms. The molecule has 0 spiro atoms. The molecule has 3 heterocycles. The number of fused-ring (bicyclic) bond motifs is 2. The van der Waals surface area contributed by atoms with Gasteiger partial charge in [-0.1, -0.05) is 23.1 Å². The van der Waals surface area contributed by atoms with Crippen molar-refractivity contribution in [2.45, 2.75) is 4.90 Å². The first-order valence-corrected chi connectivity index (χ1v) is 12.8. The molecule has 1 aliphatic heterocycles. The van der Waals surface area contributed by atoms with Gasteiger partial charge in [-0.15, -0.1) is 0 Å². The number of benzene rings is 2. The van der Waals surface area contributed by atoms with Crippen LogP contribution in [-0.2, 0) is 7.05 Å². The van der Waals surface area contributed by atoms with Crippen molar-refractivity contribution < 1.29 is 27.9 Å². The third-order valence-electron chi connectivity index (χ3n) is 6.11. The number of furan rings is 1. The molecule has 0 aliphatic carbocycles. The van der Waals surface area contributed by atoms with Gasteiger partial charge in [0.05, 0.1) is 51.5 Å². The molecule has 4 aromatic rings. The highest BCUT2D eigenvalue weighted by molar-refractivity contribution is 8.03. The number of methoxy groups -OCH3 is 4. The molecule has 0 N–H and O–H groups in total. The quantitative estimate of drug-likeness (QED) is 0.276. The van der Waals surface area contributed by atoms with Crippen molar-refractivity contribution in [2.75, 3.05) is 40.4 Å². The third kappa shape index (κ3) is 4.18. The normalized spacial score (nSPS) is 14.4. The molecule has 36 heavy (non-hydrogen) atoms. The fourth-order valence-electron chi connectivity index (χ4n) is 4.13. The first-order valence-electron chi connectivity index (χ1n) is 11.2. The minimum Gasteiger partial charge on any atom is -0.493 e.